The molecule has 0 bridgehead atoms. The van der Waals surface area contributed by atoms with E-state index in [0.29, 0.717) is 6.54 Å². The number of hydrogen-bond acceptors (Lipinski definition) is 4. The second kappa shape index (κ2) is 5.92. The van der Waals surface area contributed by atoms with Crippen LogP contribution in [0.15, 0.2) is 34.1 Å². The van der Waals surface area contributed by atoms with Gasteiger partial charge in [0.05, 0.1) is 28.4 Å². The van der Waals surface area contributed by atoms with E-state index in [2.05, 4.69) is 4.98 Å². The molecule has 7 heteroatoms. The molecular weight excluding hydrogens is 315 g/mol. The molecule has 0 aliphatic heterocycles. The van der Waals surface area contributed by atoms with Crippen molar-refractivity contribution in [3.63, 3.8) is 0 Å². The van der Waals surface area contributed by atoms with E-state index in [-0.39, 0.29) is 34.0 Å². The van der Waals surface area contributed by atoms with Crippen molar-refractivity contribution < 1.29 is 13.9 Å². The number of carbonyl (C=O) groups is 1. The molecule has 0 atom stereocenters. The van der Waals surface area contributed by atoms with Crippen LogP contribution in [0.3, 0.4) is 0 Å². The molecule has 0 saturated heterocycles. The van der Waals surface area contributed by atoms with Gasteiger partial charge in [-0.15, -0.1) is 0 Å². The Morgan fingerprint density at radius 3 is 2.75 bits per heavy atom. The molecule has 0 aliphatic carbocycles. The van der Waals surface area contributed by atoms with Gasteiger partial charge in [-0.3, -0.25) is 9.59 Å². The SMILES string of the molecule is CCOC(=O)c1c[nH]c2c(cc(F)c3c2c(=O)ccn3CC)c1=O. The van der Waals surface area contributed by atoms with Gasteiger partial charge in [0.2, 0.25) is 5.43 Å². The second-order valence-corrected chi connectivity index (χ2v) is 5.22. The first kappa shape index (κ1) is 15.9. The smallest absolute Gasteiger partial charge is 0.343 e. The third-order valence-electron chi connectivity index (χ3n) is 3.88. The van der Waals surface area contributed by atoms with Crippen molar-refractivity contribution in [3.8, 4) is 0 Å². The average molecular weight is 330 g/mol. The first-order valence-corrected chi connectivity index (χ1v) is 7.53. The topological polar surface area (TPSA) is 81.2 Å². The van der Waals surface area contributed by atoms with Crippen molar-refractivity contribution >= 4 is 27.8 Å². The van der Waals surface area contributed by atoms with Crippen LogP contribution in [0.2, 0.25) is 0 Å². The molecule has 0 saturated carbocycles. The number of halogens is 1. The highest BCUT2D eigenvalue weighted by Crippen LogP contribution is 2.23. The largest absolute Gasteiger partial charge is 0.462 e. The summed E-state index contributed by atoms with van der Waals surface area (Å²) >= 11 is 0. The number of nitrogens with zero attached hydrogens (tertiary/aromatic N) is 1. The number of pyridine rings is 2. The number of aromatic nitrogens is 2. The van der Waals surface area contributed by atoms with Crippen LogP contribution in [-0.4, -0.2) is 22.1 Å². The van der Waals surface area contributed by atoms with Crippen LogP contribution in [0.4, 0.5) is 4.39 Å². The molecule has 0 aliphatic rings. The molecule has 24 heavy (non-hydrogen) atoms. The van der Waals surface area contributed by atoms with Crippen LogP contribution in [0.1, 0.15) is 24.2 Å². The van der Waals surface area contributed by atoms with Gasteiger partial charge in [-0.1, -0.05) is 0 Å². The van der Waals surface area contributed by atoms with Gasteiger partial charge >= 0.3 is 5.97 Å². The van der Waals surface area contributed by atoms with Crippen LogP contribution in [0.25, 0.3) is 21.8 Å². The molecule has 2 heterocycles. The number of nitrogens with one attached hydrogen (secondary N) is 1. The van der Waals surface area contributed by atoms with Crippen LogP contribution < -0.4 is 10.9 Å². The summed E-state index contributed by atoms with van der Waals surface area (Å²) in [6.07, 6.45) is 2.70. The Hall–Kier alpha value is -2.96. The van der Waals surface area contributed by atoms with E-state index >= 15 is 0 Å². The summed E-state index contributed by atoms with van der Waals surface area (Å²) in [5, 5.41) is 0.0263. The fourth-order valence-electron chi connectivity index (χ4n) is 2.78. The minimum absolute atomic E-state index is 0.0588. The standard InChI is InChI=1S/C17H15FN2O4/c1-3-20-6-5-12(21)13-14-9(7-11(18)15(13)20)16(22)10(8-19-14)17(23)24-4-2/h5-8H,3-4H2,1-2H3,(H,19,22). The summed E-state index contributed by atoms with van der Waals surface area (Å²) in [5.41, 5.74) is -0.975. The second-order valence-electron chi connectivity index (χ2n) is 5.22. The zero-order valence-electron chi connectivity index (χ0n) is 13.2. The molecule has 2 aromatic heterocycles. The van der Waals surface area contributed by atoms with Gasteiger partial charge in [0.15, 0.2) is 5.43 Å². The summed E-state index contributed by atoms with van der Waals surface area (Å²) < 4.78 is 21.0. The number of rotatable bonds is 3. The maximum absolute atomic E-state index is 14.6. The molecule has 0 amide bonds. The molecule has 0 spiro atoms. The van der Waals surface area contributed by atoms with Crippen LogP contribution in [-0.2, 0) is 11.3 Å². The summed E-state index contributed by atoms with van der Waals surface area (Å²) in [6, 6.07) is 2.37. The third kappa shape index (κ3) is 2.29. The number of hydrogen-bond donors (Lipinski definition) is 1. The lowest BCUT2D eigenvalue weighted by atomic mass is 10.1. The van der Waals surface area contributed by atoms with E-state index in [1.165, 1.54) is 18.5 Å². The first-order chi connectivity index (χ1) is 11.5. The van der Waals surface area contributed by atoms with Crippen molar-refractivity contribution in [2.45, 2.75) is 20.4 Å². The molecule has 3 rings (SSSR count). The van der Waals surface area contributed by atoms with Gasteiger partial charge in [0.1, 0.15) is 11.4 Å². The summed E-state index contributed by atoms with van der Waals surface area (Å²) in [4.78, 5) is 39.4. The van der Waals surface area contributed by atoms with Gasteiger partial charge in [0, 0.05) is 25.0 Å². The average Bonchev–Trinajstić information content (AvgIpc) is 2.56. The molecule has 3 aromatic rings. The summed E-state index contributed by atoms with van der Waals surface area (Å²) in [7, 11) is 0. The number of esters is 1. The highest BCUT2D eigenvalue weighted by Gasteiger charge is 2.19. The van der Waals surface area contributed by atoms with Crippen molar-refractivity contribution in [1.29, 1.82) is 0 Å². The van der Waals surface area contributed by atoms with Gasteiger partial charge in [0.25, 0.3) is 0 Å². The van der Waals surface area contributed by atoms with Crippen molar-refractivity contribution in [2.24, 2.45) is 0 Å². The zero-order chi connectivity index (χ0) is 17.4. The number of benzene rings is 1. The van der Waals surface area contributed by atoms with E-state index < -0.39 is 22.6 Å². The molecule has 0 fully saturated rings. The molecule has 1 aromatic carbocycles. The monoisotopic (exact) mass is 330 g/mol. The third-order valence-corrected chi connectivity index (χ3v) is 3.88. The maximum atomic E-state index is 14.6. The Balaban J connectivity index is 2.47. The number of H-pyrrole nitrogens is 1. The minimum atomic E-state index is -0.791. The van der Waals surface area contributed by atoms with E-state index in [0.717, 1.165) is 6.07 Å². The minimum Gasteiger partial charge on any atom is -0.462 e. The predicted octanol–water partition coefficient (Wildman–Crippen LogP) is 2.18. The van der Waals surface area contributed by atoms with Crippen molar-refractivity contribution in [3.05, 3.63) is 56.4 Å². The van der Waals surface area contributed by atoms with Crippen LogP contribution in [0.5, 0.6) is 0 Å². The van der Waals surface area contributed by atoms with E-state index in [1.54, 1.807) is 11.5 Å². The molecule has 124 valence electrons. The number of aryl methyl sites for hydroxylation is 1. The number of fused-ring (bicyclic) bond motifs is 3. The van der Waals surface area contributed by atoms with Crippen LogP contribution >= 0.6 is 0 Å². The molecular formula is C17H15FN2O4. The lowest BCUT2D eigenvalue weighted by Crippen LogP contribution is -2.19. The Morgan fingerprint density at radius 1 is 1.33 bits per heavy atom. The van der Waals surface area contributed by atoms with Gasteiger partial charge in [-0.05, 0) is 19.9 Å². The quantitative estimate of drug-likeness (QED) is 0.589. The zero-order valence-corrected chi connectivity index (χ0v) is 13.2. The van der Waals surface area contributed by atoms with Gasteiger partial charge in [-0.25, -0.2) is 9.18 Å². The Labute approximate surface area is 135 Å². The fourth-order valence-corrected chi connectivity index (χ4v) is 2.78. The van der Waals surface area contributed by atoms with Crippen LogP contribution in [0, 0.1) is 5.82 Å². The van der Waals surface area contributed by atoms with Crippen molar-refractivity contribution in [1.82, 2.24) is 9.55 Å². The number of ether oxygens (including phenoxy) is 1. The molecule has 6 nitrogen and oxygen atoms in total. The van der Waals surface area contributed by atoms with E-state index in [4.69, 9.17) is 4.74 Å². The fraction of sp³-hybridized carbons (Fsp3) is 0.235. The summed E-state index contributed by atoms with van der Waals surface area (Å²) in [6.45, 7) is 4.02. The first-order valence-electron chi connectivity index (χ1n) is 7.53. The van der Waals surface area contributed by atoms with E-state index in [9.17, 15) is 18.8 Å². The van der Waals surface area contributed by atoms with Gasteiger partial charge in [-0.2, -0.15) is 0 Å². The highest BCUT2D eigenvalue weighted by atomic mass is 19.1. The van der Waals surface area contributed by atoms with Gasteiger partial charge < -0.3 is 14.3 Å². The molecule has 0 unspecified atom stereocenters. The predicted molar refractivity (Wildman–Crippen MR) is 87.9 cm³/mol. The normalized spacial score (nSPS) is 11.1. The van der Waals surface area contributed by atoms with E-state index in [1.807, 2.05) is 6.92 Å². The molecule has 0 radical (unpaired) electrons. The highest BCUT2D eigenvalue weighted by molar-refractivity contribution is 6.05. The lowest BCUT2D eigenvalue weighted by molar-refractivity contribution is 0.0524. The summed E-state index contributed by atoms with van der Waals surface area (Å²) in [5.74, 6) is -1.48. The molecule has 1 N–H and O–H groups in total. The van der Waals surface area contributed by atoms with Crippen molar-refractivity contribution in [2.75, 3.05) is 6.61 Å². The Morgan fingerprint density at radius 2 is 2.08 bits per heavy atom. The number of aromatic amines is 1. The maximum Gasteiger partial charge on any atom is 0.343 e. The Kier molecular flexibility index (Phi) is 3.92. The lowest BCUT2D eigenvalue weighted by Gasteiger charge is -2.11. The number of carbonyl (C=O) groups excluding carboxylic acids is 1. The Bertz CT molecular complexity index is 1080.